The molecule has 5 N–H and O–H groups in total. The monoisotopic (exact) mass is 291 g/mol. The van der Waals surface area contributed by atoms with Crippen LogP contribution in [0.1, 0.15) is 13.3 Å². The van der Waals surface area contributed by atoms with Crippen molar-refractivity contribution in [2.24, 2.45) is 0 Å². The molecule has 116 valence electrons. The average Bonchev–Trinajstić information content (AvgIpc) is 2.35. The molecular formula is C11H21N3O6. The lowest BCUT2D eigenvalue weighted by Crippen LogP contribution is -2.50. The molecule has 9 heteroatoms. The number of carboxylic acids is 1. The second kappa shape index (κ2) is 8.46. The van der Waals surface area contributed by atoms with E-state index in [1.54, 1.807) is 14.0 Å². The van der Waals surface area contributed by atoms with E-state index in [-0.39, 0.29) is 12.5 Å². The van der Waals surface area contributed by atoms with E-state index in [1.807, 2.05) is 0 Å². The van der Waals surface area contributed by atoms with Gasteiger partial charge in [0, 0.05) is 7.05 Å². The third-order valence-corrected chi connectivity index (χ3v) is 2.66. The Hall–Kier alpha value is -1.71. The first-order valence-corrected chi connectivity index (χ1v) is 5.98. The molecule has 0 aromatic heterocycles. The van der Waals surface area contributed by atoms with E-state index in [0.29, 0.717) is 0 Å². The highest BCUT2D eigenvalue weighted by Crippen LogP contribution is 1.98. The number of carboxylic acid groups (broad SMARTS) is 1. The van der Waals surface area contributed by atoms with Crippen LogP contribution in [0.25, 0.3) is 0 Å². The van der Waals surface area contributed by atoms with Gasteiger partial charge < -0.3 is 30.9 Å². The van der Waals surface area contributed by atoms with Crippen molar-refractivity contribution in [1.29, 1.82) is 0 Å². The molecule has 0 saturated heterocycles. The topological polar surface area (TPSA) is 139 Å². The summed E-state index contributed by atoms with van der Waals surface area (Å²) in [6.45, 7) is 1.31. The maximum atomic E-state index is 11.7. The number of aliphatic hydroxyl groups is 2. The van der Waals surface area contributed by atoms with Gasteiger partial charge in [-0.1, -0.05) is 0 Å². The van der Waals surface area contributed by atoms with E-state index in [1.165, 1.54) is 7.05 Å². The smallest absolute Gasteiger partial charge is 0.305 e. The molecule has 0 fully saturated rings. The Morgan fingerprint density at radius 1 is 1.25 bits per heavy atom. The fourth-order valence-electron chi connectivity index (χ4n) is 1.42. The Bertz CT molecular complexity index is 360. The summed E-state index contributed by atoms with van der Waals surface area (Å²) in [5.41, 5.74) is 0. The van der Waals surface area contributed by atoms with Crippen molar-refractivity contribution >= 4 is 17.8 Å². The standard InChI is InChI=1S/C11H21N3O6/c1-6(12-2)10(18)14(3)5-8(15)13-7(11(19)20)4-9(16)17/h6-7,11-12,19-20H,4-5H2,1-3H3,(H,13,15)(H,16,17). The molecule has 0 rings (SSSR count). The summed E-state index contributed by atoms with van der Waals surface area (Å²) >= 11 is 0. The molecule has 20 heavy (non-hydrogen) atoms. The molecule has 0 saturated carbocycles. The van der Waals surface area contributed by atoms with Gasteiger partial charge in [-0.05, 0) is 14.0 Å². The Labute approximate surface area is 116 Å². The minimum Gasteiger partial charge on any atom is -0.481 e. The van der Waals surface area contributed by atoms with E-state index in [4.69, 9.17) is 15.3 Å². The third-order valence-electron chi connectivity index (χ3n) is 2.66. The van der Waals surface area contributed by atoms with Gasteiger partial charge in [0.25, 0.3) is 0 Å². The molecule has 0 aliphatic heterocycles. The number of hydrogen-bond donors (Lipinski definition) is 5. The second-order valence-electron chi connectivity index (χ2n) is 4.39. The summed E-state index contributed by atoms with van der Waals surface area (Å²) in [5, 5.41) is 31.4. The van der Waals surface area contributed by atoms with Crippen LogP contribution in [-0.2, 0) is 14.4 Å². The first-order valence-electron chi connectivity index (χ1n) is 5.98. The van der Waals surface area contributed by atoms with Gasteiger partial charge >= 0.3 is 5.97 Å². The number of nitrogens with zero attached hydrogens (tertiary/aromatic N) is 1. The van der Waals surface area contributed by atoms with E-state index in [2.05, 4.69) is 10.6 Å². The van der Waals surface area contributed by atoms with Crippen LogP contribution >= 0.6 is 0 Å². The number of nitrogens with one attached hydrogen (secondary N) is 2. The van der Waals surface area contributed by atoms with Crippen molar-refractivity contribution in [3.05, 3.63) is 0 Å². The van der Waals surface area contributed by atoms with E-state index in [0.717, 1.165) is 4.90 Å². The Kier molecular flexibility index (Phi) is 7.74. The Morgan fingerprint density at radius 2 is 1.80 bits per heavy atom. The molecule has 0 aliphatic rings. The van der Waals surface area contributed by atoms with Crippen molar-refractivity contribution in [3.8, 4) is 0 Å². The number of aliphatic carboxylic acids is 1. The minimum atomic E-state index is -1.99. The normalized spacial score (nSPS) is 13.7. The van der Waals surface area contributed by atoms with Crippen LogP contribution in [0, 0.1) is 0 Å². The number of aliphatic hydroxyl groups excluding tert-OH is 1. The van der Waals surface area contributed by atoms with Crippen molar-refractivity contribution in [1.82, 2.24) is 15.5 Å². The molecule has 0 bridgehead atoms. The zero-order valence-corrected chi connectivity index (χ0v) is 11.7. The summed E-state index contributed by atoms with van der Waals surface area (Å²) < 4.78 is 0. The van der Waals surface area contributed by atoms with Gasteiger partial charge in [-0.3, -0.25) is 14.4 Å². The zero-order chi connectivity index (χ0) is 15.9. The number of rotatable bonds is 8. The summed E-state index contributed by atoms with van der Waals surface area (Å²) in [7, 11) is 3.01. The lowest BCUT2D eigenvalue weighted by atomic mass is 10.2. The van der Waals surface area contributed by atoms with Gasteiger partial charge in [-0.25, -0.2) is 0 Å². The van der Waals surface area contributed by atoms with Gasteiger partial charge in [-0.15, -0.1) is 0 Å². The molecule has 0 aliphatic carbocycles. The Morgan fingerprint density at radius 3 is 2.20 bits per heavy atom. The molecule has 0 radical (unpaired) electrons. The molecule has 0 heterocycles. The fraction of sp³-hybridized carbons (Fsp3) is 0.727. The van der Waals surface area contributed by atoms with Crippen LogP contribution in [0.15, 0.2) is 0 Å². The molecule has 0 spiro atoms. The molecule has 2 amide bonds. The first kappa shape index (κ1) is 18.3. The van der Waals surface area contributed by atoms with Crippen molar-refractivity contribution in [2.45, 2.75) is 31.7 Å². The van der Waals surface area contributed by atoms with Crippen molar-refractivity contribution in [3.63, 3.8) is 0 Å². The predicted octanol–water partition coefficient (Wildman–Crippen LogP) is -2.68. The van der Waals surface area contributed by atoms with E-state index >= 15 is 0 Å². The molecule has 2 unspecified atom stereocenters. The van der Waals surface area contributed by atoms with Gasteiger partial charge in [0.2, 0.25) is 11.8 Å². The van der Waals surface area contributed by atoms with E-state index in [9.17, 15) is 14.4 Å². The van der Waals surface area contributed by atoms with Crippen LogP contribution in [0.5, 0.6) is 0 Å². The molecule has 2 atom stereocenters. The summed E-state index contributed by atoms with van der Waals surface area (Å²) in [6, 6.07) is -1.80. The predicted molar refractivity (Wildman–Crippen MR) is 68.6 cm³/mol. The second-order valence-corrected chi connectivity index (χ2v) is 4.39. The van der Waals surface area contributed by atoms with Crippen LogP contribution < -0.4 is 10.6 Å². The van der Waals surface area contributed by atoms with Crippen LogP contribution in [0.2, 0.25) is 0 Å². The maximum Gasteiger partial charge on any atom is 0.305 e. The number of carbonyl (C=O) groups excluding carboxylic acids is 2. The van der Waals surface area contributed by atoms with Gasteiger partial charge in [0.1, 0.15) is 0 Å². The van der Waals surface area contributed by atoms with Crippen molar-refractivity contribution < 1.29 is 29.7 Å². The summed E-state index contributed by atoms with van der Waals surface area (Å²) in [6.07, 6.45) is -2.62. The molecule has 9 nitrogen and oxygen atoms in total. The summed E-state index contributed by atoms with van der Waals surface area (Å²) in [5.74, 6) is -2.28. The Balaban J connectivity index is 4.45. The highest BCUT2D eigenvalue weighted by atomic mass is 16.5. The van der Waals surface area contributed by atoms with Crippen LogP contribution in [0.4, 0.5) is 0 Å². The number of carbonyl (C=O) groups is 3. The first-order chi connectivity index (χ1) is 9.18. The van der Waals surface area contributed by atoms with Crippen LogP contribution in [0.3, 0.4) is 0 Å². The van der Waals surface area contributed by atoms with Crippen LogP contribution in [-0.4, -0.2) is 77.0 Å². The van der Waals surface area contributed by atoms with Crippen molar-refractivity contribution in [2.75, 3.05) is 20.6 Å². The number of hydrogen-bond acceptors (Lipinski definition) is 6. The molecular weight excluding hydrogens is 270 g/mol. The fourth-order valence-corrected chi connectivity index (χ4v) is 1.42. The van der Waals surface area contributed by atoms with E-state index < -0.39 is 36.7 Å². The third kappa shape index (κ3) is 6.45. The number of likely N-dealkylation sites (N-methyl/N-ethyl adjacent to an activating group) is 2. The maximum absolute atomic E-state index is 11.7. The average molecular weight is 291 g/mol. The number of amides is 2. The molecule has 0 aromatic carbocycles. The van der Waals surface area contributed by atoms with Gasteiger partial charge in [0.15, 0.2) is 6.29 Å². The summed E-state index contributed by atoms with van der Waals surface area (Å²) in [4.78, 5) is 35.0. The molecule has 0 aromatic rings. The SMILES string of the molecule is CNC(C)C(=O)N(C)CC(=O)NC(CC(=O)O)C(O)O. The highest BCUT2D eigenvalue weighted by Gasteiger charge is 2.24. The quantitative estimate of drug-likeness (QED) is 0.307. The van der Waals surface area contributed by atoms with Gasteiger partial charge in [0.05, 0.1) is 25.0 Å². The van der Waals surface area contributed by atoms with Gasteiger partial charge in [-0.2, -0.15) is 0 Å². The highest BCUT2D eigenvalue weighted by molar-refractivity contribution is 5.87. The lowest BCUT2D eigenvalue weighted by molar-refractivity contribution is -0.144. The zero-order valence-electron chi connectivity index (χ0n) is 11.7. The minimum absolute atomic E-state index is 0.312. The largest absolute Gasteiger partial charge is 0.481 e. The lowest BCUT2D eigenvalue weighted by Gasteiger charge is -2.23.